The average Bonchev–Trinajstić information content (AvgIpc) is 1.59. The summed E-state index contributed by atoms with van der Waals surface area (Å²) >= 11 is 0. The third kappa shape index (κ3) is 9.88. The molecule has 23 rings (SSSR count). The van der Waals surface area contributed by atoms with Crippen molar-refractivity contribution >= 4 is 131 Å². The van der Waals surface area contributed by atoms with E-state index in [1.165, 1.54) is 143 Å². The maximum atomic E-state index is 6.18. The van der Waals surface area contributed by atoms with E-state index in [2.05, 4.69) is 382 Å². The molecule has 0 saturated heterocycles. The van der Waals surface area contributed by atoms with Crippen LogP contribution >= 0.6 is 0 Å². The zero-order valence-electron chi connectivity index (χ0n) is 58.6. The van der Waals surface area contributed by atoms with E-state index >= 15 is 0 Å². The summed E-state index contributed by atoms with van der Waals surface area (Å²) < 4.78 is 21.9. The molecule has 0 unspecified atom stereocenters. The normalized spacial score (nSPS) is 11.9. The first-order chi connectivity index (χ1) is 53.5. The first-order valence-electron chi connectivity index (χ1n) is 36.9. The molecule has 0 aliphatic rings. The Morgan fingerprint density at radius 3 is 0.759 bits per heavy atom. The van der Waals surface area contributed by atoms with Crippen molar-refractivity contribution < 1.29 is 8.83 Å². The van der Waals surface area contributed by atoms with Crippen LogP contribution < -0.4 is 0 Å². The number of furan rings is 2. The number of fused-ring (bicyclic) bond motifs is 18. The van der Waals surface area contributed by atoms with E-state index in [0.29, 0.717) is 0 Å². The van der Waals surface area contributed by atoms with Crippen molar-refractivity contribution in [1.82, 2.24) is 18.3 Å². The van der Waals surface area contributed by atoms with Gasteiger partial charge in [0.1, 0.15) is 22.3 Å². The predicted molar refractivity (Wildman–Crippen MR) is 452 cm³/mol. The maximum Gasteiger partial charge on any atom is 0.135 e. The quantitative estimate of drug-likeness (QED) is 0.145. The van der Waals surface area contributed by atoms with Gasteiger partial charge >= 0.3 is 0 Å². The Hall–Kier alpha value is -14.5. The summed E-state index contributed by atoms with van der Waals surface area (Å²) in [6, 6.07) is 140. The summed E-state index contributed by atoms with van der Waals surface area (Å²) in [7, 11) is 0. The zero-order chi connectivity index (χ0) is 70.9. The number of hydrogen-bond acceptors (Lipinski definition) is 2. The van der Waals surface area contributed by atoms with Crippen LogP contribution in [0, 0.1) is 0 Å². The Labute approximate surface area is 620 Å². The van der Waals surface area contributed by atoms with Crippen LogP contribution in [0.3, 0.4) is 0 Å². The molecular weight excluding hydrogens is 1310 g/mol. The predicted octanol–water partition coefficient (Wildman–Crippen LogP) is 27.9. The van der Waals surface area contributed by atoms with Crippen molar-refractivity contribution in [1.29, 1.82) is 0 Å². The Kier molecular flexibility index (Phi) is 13.9. The molecule has 0 saturated carbocycles. The van der Waals surface area contributed by atoms with Crippen LogP contribution in [-0.4, -0.2) is 18.3 Å². The standard InChI is InChI=1S/C54H34N2O.C48H30N2O/c1-3-13-35(14-4-1)39-29-40(36-15-5-2-6-16-36)31-42(30-39)56-50-21-11-8-18-44(50)47-33-38(24-27-52(47)56)37-23-26-51-46(32-37)43-17-7-10-20-49(43)55(51)41-25-28-54-48(34-41)45-19-9-12-22-53(45)57-54;1-2-10-31(11-3-1)32-18-22-35(23-19-32)49-43-15-7-4-12-37(43)40-28-33(20-25-45(40)49)34-21-26-46-41(29-34)38-13-5-8-16-44(38)50(46)36-24-27-48-42(30-36)39-14-6-9-17-47(39)51-48/h1-34H;1-30H. The maximum absolute atomic E-state index is 6.18. The second kappa shape index (κ2) is 24.6. The molecule has 6 aromatic heterocycles. The highest BCUT2D eigenvalue weighted by Gasteiger charge is 2.22. The van der Waals surface area contributed by atoms with Crippen LogP contribution in [0.2, 0.25) is 0 Å². The summed E-state index contributed by atoms with van der Waals surface area (Å²) in [6.45, 7) is 0. The molecule has 17 aromatic carbocycles. The van der Waals surface area contributed by atoms with Crippen LogP contribution in [0.4, 0.5) is 0 Å². The summed E-state index contributed by atoms with van der Waals surface area (Å²) in [5.74, 6) is 0. The molecule has 0 bridgehead atoms. The van der Waals surface area contributed by atoms with Gasteiger partial charge in [0.25, 0.3) is 0 Å². The van der Waals surface area contributed by atoms with Gasteiger partial charge in [-0.3, -0.25) is 0 Å². The van der Waals surface area contributed by atoms with Gasteiger partial charge in [0.05, 0.1) is 44.1 Å². The van der Waals surface area contributed by atoms with Gasteiger partial charge in [0.2, 0.25) is 0 Å². The highest BCUT2D eigenvalue weighted by atomic mass is 16.3. The lowest BCUT2D eigenvalue weighted by molar-refractivity contribution is 0.668. The van der Waals surface area contributed by atoms with E-state index in [-0.39, 0.29) is 0 Å². The van der Waals surface area contributed by atoms with Crippen molar-refractivity contribution in [2.45, 2.75) is 0 Å². The van der Waals surface area contributed by atoms with Gasteiger partial charge in [-0.1, -0.05) is 237 Å². The van der Waals surface area contributed by atoms with E-state index in [9.17, 15) is 0 Å². The number of rotatable bonds is 9. The van der Waals surface area contributed by atoms with Crippen molar-refractivity contribution in [3.8, 4) is 78.4 Å². The number of aromatic nitrogens is 4. The monoisotopic (exact) mass is 1380 g/mol. The molecule has 0 N–H and O–H groups in total. The van der Waals surface area contributed by atoms with E-state index in [1.54, 1.807) is 0 Å². The molecular formula is C102H64N4O2. The molecule has 108 heavy (non-hydrogen) atoms. The van der Waals surface area contributed by atoms with Gasteiger partial charge in [-0.2, -0.15) is 0 Å². The lowest BCUT2D eigenvalue weighted by Gasteiger charge is -2.14. The van der Waals surface area contributed by atoms with Crippen molar-refractivity contribution in [3.05, 3.63) is 388 Å². The summed E-state index contributed by atoms with van der Waals surface area (Å²) in [4.78, 5) is 0. The van der Waals surface area contributed by atoms with Gasteiger partial charge in [-0.25, -0.2) is 0 Å². The summed E-state index contributed by atoms with van der Waals surface area (Å²) in [5.41, 5.74) is 29.7. The minimum Gasteiger partial charge on any atom is -0.456 e. The fourth-order valence-corrected chi connectivity index (χ4v) is 17.2. The fraction of sp³-hybridized carbons (Fsp3) is 0. The van der Waals surface area contributed by atoms with Crippen molar-refractivity contribution in [2.75, 3.05) is 0 Å². The van der Waals surface area contributed by atoms with E-state index in [1.807, 2.05) is 24.3 Å². The van der Waals surface area contributed by atoms with Gasteiger partial charge in [-0.05, 0) is 207 Å². The summed E-state index contributed by atoms with van der Waals surface area (Å²) in [5, 5.41) is 14.4. The Morgan fingerprint density at radius 2 is 0.389 bits per heavy atom. The topological polar surface area (TPSA) is 46.0 Å². The Morgan fingerprint density at radius 1 is 0.130 bits per heavy atom. The zero-order valence-corrected chi connectivity index (χ0v) is 58.6. The molecule has 0 spiro atoms. The fourth-order valence-electron chi connectivity index (χ4n) is 17.2. The van der Waals surface area contributed by atoms with Gasteiger partial charge in [0.15, 0.2) is 0 Å². The molecule has 0 amide bonds. The molecule has 23 aromatic rings. The van der Waals surface area contributed by atoms with E-state index in [4.69, 9.17) is 8.83 Å². The lowest BCUT2D eigenvalue weighted by atomic mass is 9.98. The Balaban J connectivity index is 0.000000135. The molecule has 0 atom stereocenters. The first kappa shape index (κ1) is 61.1. The number of hydrogen-bond donors (Lipinski definition) is 0. The van der Waals surface area contributed by atoms with Crippen LogP contribution in [0.5, 0.6) is 0 Å². The molecule has 0 fully saturated rings. The molecule has 6 nitrogen and oxygen atoms in total. The number of nitrogens with zero attached hydrogens (tertiary/aromatic N) is 4. The van der Waals surface area contributed by atoms with Crippen LogP contribution in [0.15, 0.2) is 397 Å². The smallest absolute Gasteiger partial charge is 0.135 e. The minimum absolute atomic E-state index is 0.903. The second-order valence-corrected chi connectivity index (χ2v) is 28.3. The highest BCUT2D eigenvalue weighted by Crippen LogP contribution is 2.44. The number of para-hydroxylation sites is 6. The molecule has 0 aliphatic heterocycles. The molecule has 504 valence electrons. The van der Waals surface area contributed by atoms with Gasteiger partial charge in [0, 0.05) is 87.4 Å². The second-order valence-electron chi connectivity index (χ2n) is 28.3. The van der Waals surface area contributed by atoms with Crippen LogP contribution in [0.1, 0.15) is 0 Å². The third-order valence-corrected chi connectivity index (χ3v) is 22.2. The van der Waals surface area contributed by atoms with Crippen LogP contribution in [-0.2, 0) is 0 Å². The third-order valence-electron chi connectivity index (χ3n) is 22.2. The van der Waals surface area contributed by atoms with E-state index < -0.39 is 0 Å². The van der Waals surface area contributed by atoms with Gasteiger partial charge in [-0.15, -0.1) is 0 Å². The molecule has 6 heterocycles. The lowest BCUT2D eigenvalue weighted by Crippen LogP contribution is -1.96. The molecule has 0 radical (unpaired) electrons. The largest absolute Gasteiger partial charge is 0.456 e. The minimum atomic E-state index is 0.903. The SMILES string of the molecule is c1ccc(-c2cc(-c3ccccc3)cc(-n3c4ccccc4c4cc(-c5ccc6c(c5)c5ccccc5n6-c5ccc6oc7ccccc7c6c5)ccc43)c2)cc1.c1ccc(-c2ccc(-n3c4ccccc4c4cc(-c5ccc6c(c5)c5ccccc5n6-c5ccc6oc7ccccc7c6c5)ccc43)cc2)cc1. The Bertz CT molecular complexity index is 7480. The number of benzene rings is 17. The highest BCUT2D eigenvalue weighted by molar-refractivity contribution is 6.16. The van der Waals surface area contributed by atoms with E-state index in [0.717, 1.165) is 66.6 Å². The van der Waals surface area contributed by atoms with Crippen LogP contribution in [0.25, 0.3) is 209 Å². The van der Waals surface area contributed by atoms with Gasteiger partial charge < -0.3 is 27.1 Å². The van der Waals surface area contributed by atoms with Crippen molar-refractivity contribution in [3.63, 3.8) is 0 Å². The molecule has 0 aliphatic carbocycles. The average molecular weight is 1380 g/mol. The first-order valence-corrected chi connectivity index (χ1v) is 36.9. The molecule has 6 heteroatoms. The van der Waals surface area contributed by atoms with Crippen molar-refractivity contribution in [2.24, 2.45) is 0 Å². The summed E-state index contributed by atoms with van der Waals surface area (Å²) in [6.07, 6.45) is 0.